The molecule has 0 aromatic heterocycles. The van der Waals surface area contributed by atoms with Gasteiger partial charge in [0.2, 0.25) is 0 Å². The number of benzene rings is 1. The van der Waals surface area contributed by atoms with E-state index in [4.69, 9.17) is 23.2 Å². The van der Waals surface area contributed by atoms with Crippen molar-refractivity contribution in [1.82, 2.24) is 0 Å². The highest BCUT2D eigenvalue weighted by atomic mass is 35.5. The number of rotatable bonds is 3. The lowest BCUT2D eigenvalue weighted by Crippen LogP contribution is -2.37. The fourth-order valence-corrected chi connectivity index (χ4v) is 4.46. The second-order valence-corrected chi connectivity index (χ2v) is 7.94. The van der Waals surface area contributed by atoms with E-state index in [0.29, 0.717) is 28.8 Å². The van der Waals surface area contributed by atoms with Gasteiger partial charge in [0.25, 0.3) is 0 Å². The zero-order valence-corrected chi connectivity index (χ0v) is 13.9. The van der Waals surface area contributed by atoms with Crippen molar-refractivity contribution in [3.63, 3.8) is 0 Å². The van der Waals surface area contributed by atoms with Crippen LogP contribution in [0, 0.1) is 23.1 Å². The van der Waals surface area contributed by atoms with E-state index in [1.54, 1.807) is 12.1 Å². The molecule has 20 heavy (non-hydrogen) atoms. The second-order valence-electron chi connectivity index (χ2n) is 6.94. The van der Waals surface area contributed by atoms with Crippen LogP contribution in [0.25, 0.3) is 0 Å². The molecule has 0 aliphatic heterocycles. The first-order valence-corrected chi connectivity index (χ1v) is 8.19. The quantitative estimate of drug-likeness (QED) is 0.592. The Morgan fingerprint density at radius 3 is 2.65 bits per heavy atom. The Morgan fingerprint density at radius 1 is 1.30 bits per heavy atom. The molecular formula is C17H23Cl2F. The zero-order chi connectivity index (χ0) is 14.9. The van der Waals surface area contributed by atoms with Gasteiger partial charge in [-0.2, -0.15) is 0 Å². The van der Waals surface area contributed by atoms with E-state index in [-0.39, 0.29) is 16.6 Å². The first-order valence-electron chi connectivity index (χ1n) is 7.37. The summed E-state index contributed by atoms with van der Waals surface area (Å²) in [5.74, 6) is 0.962. The lowest BCUT2D eigenvalue weighted by molar-refractivity contribution is 0.141. The van der Waals surface area contributed by atoms with Gasteiger partial charge in [-0.1, -0.05) is 38.8 Å². The second kappa shape index (κ2) is 6.23. The summed E-state index contributed by atoms with van der Waals surface area (Å²) in [4.78, 5) is 0. The maximum absolute atomic E-state index is 13.9. The van der Waals surface area contributed by atoms with Gasteiger partial charge in [0.05, 0.1) is 0 Å². The summed E-state index contributed by atoms with van der Waals surface area (Å²) in [6, 6.07) is 4.79. The van der Waals surface area contributed by atoms with Crippen molar-refractivity contribution in [2.75, 3.05) is 0 Å². The van der Waals surface area contributed by atoms with Crippen LogP contribution in [-0.4, -0.2) is 5.38 Å². The molecule has 1 saturated carbocycles. The van der Waals surface area contributed by atoms with Crippen LogP contribution >= 0.6 is 23.2 Å². The van der Waals surface area contributed by atoms with Gasteiger partial charge < -0.3 is 0 Å². The Bertz CT molecular complexity index is 470. The topological polar surface area (TPSA) is 0 Å². The van der Waals surface area contributed by atoms with Gasteiger partial charge in [-0.15, -0.1) is 11.6 Å². The molecule has 0 radical (unpaired) electrons. The predicted molar refractivity (Wildman–Crippen MR) is 85.0 cm³/mol. The Balaban J connectivity index is 2.16. The third kappa shape index (κ3) is 3.68. The molecule has 2 rings (SSSR count). The molecule has 0 nitrogen and oxygen atoms in total. The van der Waals surface area contributed by atoms with Gasteiger partial charge in [0, 0.05) is 10.4 Å². The zero-order valence-electron chi connectivity index (χ0n) is 12.4. The molecule has 1 aliphatic carbocycles. The van der Waals surface area contributed by atoms with Gasteiger partial charge in [-0.25, -0.2) is 4.39 Å². The predicted octanol–water partition coefficient (Wildman–Crippen LogP) is 6.09. The molecule has 112 valence electrons. The highest BCUT2D eigenvalue weighted by Crippen LogP contribution is 2.44. The summed E-state index contributed by atoms with van der Waals surface area (Å²) >= 11 is 12.6. The van der Waals surface area contributed by atoms with Crippen molar-refractivity contribution in [2.24, 2.45) is 17.3 Å². The molecule has 1 aliphatic rings. The molecule has 1 aromatic carbocycles. The van der Waals surface area contributed by atoms with E-state index < -0.39 is 0 Å². The minimum absolute atomic E-state index is 0.0158. The van der Waals surface area contributed by atoms with Crippen molar-refractivity contribution in [2.45, 2.75) is 51.8 Å². The number of alkyl halides is 1. The van der Waals surface area contributed by atoms with Crippen molar-refractivity contribution < 1.29 is 4.39 Å². The van der Waals surface area contributed by atoms with Gasteiger partial charge in [0.1, 0.15) is 5.82 Å². The Morgan fingerprint density at radius 2 is 2.00 bits per heavy atom. The average Bonchev–Trinajstić information content (AvgIpc) is 2.33. The van der Waals surface area contributed by atoms with E-state index in [9.17, 15) is 4.39 Å². The van der Waals surface area contributed by atoms with Crippen LogP contribution in [0.1, 0.15) is 45.6 Å². The lowest BCUT2D eigenvalue weighted by Gasteiger charge is -2.42. The Kier molecular flexibility index (Phi) is 5.02. The first-order chi connectivity index (χ1) is 9.29. The van der Waals surface area contributed by atoms with E-state index in [1.807, 2.05) is 0 Å². The number of hydrogen-bond acceptors (Lipinski definition) is 0. The van der Waals surface area contributed by atoms with Crippen molar-refractivity contribution in [1.29, 1.82) is 0 Å². The average molecular weight is 317 g/mol. The first kappa shape index (κ1) is 16.1. The summed E-state index contributed by atoms with van der Waals surface area (Å²) in [5.41, 5.74) is 0.683. The summed E-state index contributed by atoms with van der Waals surface area (Å²) in [6.45, 7) is 6.65. The molecule has 0 heterocycles. The number of halogens is 3. The van der Waals surface area contributed by atoms with Crippen LogP contribution in [0.15, 0.2) is 18.2 Å². The van der Waals surface area contributed by atoms with Gasteiger partial charge in [-0.3, -0.25) is 0 Å². The standard InChI is InChI=1S/C17H23Cl2F/c1-11-4-6-14(15(19)8-11)17(2,3)10-12-9-13(18)5-7-16(12)20/h5,7,9,11,14-15H,4,6,8,10H2,1-3H3. The molecule has 3 unspecified atom stereocenters. The van der Waals surface area contributed by atoms with Crippen LogP contribution < -0.4 is 0 Å². The molecule has 3 atom stereocenters. The van der Waals surface area contributed by atoms with Crippen molar-refractivity contribution >= 4 is 23.2 Å². The summed E-state index contributed by atoms with van der Waals surface area (Å²) in [7, 11) is 0. The Labute approximate surface area is 131 Å². The molecule has 0 saturated heterocycles. The highest BCUT2D eigenvalue weighted by Gasteiger charge is 2.38. The van der Waals surface area contributed by atoms with Crippen LogP contribution in [0.5, 0.6) is 0 Å². The van der Waals surface area contributed by atoms with Crippen LogP contribution in [0.4, 0.5) is 4.39 Å². The Hall–Kier alpha value is -0.270. The van der Waals surface area contributed by atoms with Crippen LogP contribution in [0.2, 0.25) is 5.02 Å². The fourth-order valence-electron chi connectivity index (χ4n) is 3.49. The molecule has 1 fully saturated rings. The van der Waals surface area contributed by atoms with Gasteiger partial charge >= 0.3 is 0 Å². The maximum Gasteiger partial charge on any atom is 0.126 e. The third-order valence-electron chi connectivity index (χ3n) is 4.69. The summed E-state index contributed by atoms with van der Waals surface area (Å²) < 4.78 is 13.9. The normalized spacial score (nSPS) is 27.6. The SMILES string of the molecule is CC1CCC(C(C)(C)Cc2cc(Cl)ccc2F)C(Cl)C1. The van der Waals surface area contributed by atoms with E-state index >= 15 is 0 Å². The highest BCUT2D eigenvalue weighted by molar-refractivity contribution is 6.30. The third-order valence-corrected chi connectivity index (χ3v) is 5.41. The monoisotopic (exact) mass is 316 g/mol. The van der Waals surface area contributed by atoms with Crippen molar-refractivity contribution in [3.8, 4) is 0 Å². The molecule has 0 N–H and O–H groups in total. The minimum atomic E-state index is -0.169. The van der Waals surface area contributed by atoms with E-state index in [0.717, 1.165) is 12.8 Å². The smallest absolute Gasteiger partial charge is 0.126 e. The minimum Gasteiger partial charge on any atom is -0.207 e. The lowest BCUT2D eigenvalue weighted by atomic mass is 9.66. The molecule has 0 bridgehead atoms. The van der Waals surface area contributed by atoms with Crippen LogP contribution in [-0.2, 0) is 6.42 Å². The van der Waals surface area contributed by atoms with Gasteiger partial charge in [0.15, 0.2) is 0 Å². The molecule has 1 aromatic rings. The van der Waals surface area contributed by atoms with Gasteiger partial charge in [-0.05, 0) is 60.3 Å². The van der Waals surface area contributed by atoms with E-state index in [1.165, 1.54) is 12.5 Å². The summed E-state index contributed by atoms with van der Waals surface area (Å²) in [5, 5.41) is 0.785. The molecule has 0 amide bonds. The van der Waals surface area contributed by atoms with Crippen LogP contribution in [0.3, 0.4) is 0 Å². The molecule has 0 spiro atoms. The fraction of sp³-hybridized carbons (Fsp3) is 0.647. The number of hydrogen-bond donors (Lipinski definition) is 0. The summed E-state index contributed by atoms with van der Waals surface area (Å²) in [6.07, 6.45) is 4.09. The largest absolute Gasteiger partial charge is 0.207 e. The molecular weight excluding hydrogens is 294 g/mol. The molecule has 3 heteroatoms. The van der Waals surface area contributed by atoms with Crippen molar-refractivity contribution in [3.05, 3.63) is 34.6 Å². The maximum atomic E-state index is 13.9. The van der Waals surface area contributed by atoms with E-state index in [2.05, 4.69) is 20.8 Å².